The van der Waals surface area contributed by atoms with Crippen LogP contribution in [0.3, 0.4) is 0 Å². The van der Waals surface area contributed by atoms with Gasteiger partial charge in [0.25, 0.3) is 0 Å². The lowest BCUT2D eigenvalue weighted by atomic mass is 9.97. The Kier molecular flexibility index (Phi) is 3.29. The lowest BCUT2D eigenvalue weighted by Crippen LogP contribution is -2.17. The predicted octanol–water partition coefficient (Wildman–Crippen LogP) is 2.46. The zero-order chi connectivity index (χ0) is 9.84. The van der Waals surface area contributed by atoms with Gasteiger partial charge in [0.15, 0.2) is 0 Å². The number of esters is 1. The van der Waals surface area contributed by atoms with Gasteiger partial charge < -0.3 is 4.74 Å². The minimum atomic E-state index is -0.103. The highest BCUT2D eigenvalue weighted by Crippen LogP contribution is 2.31. The second-order valence-corrected chi connectivity index (χ2v) is 3.32. The average Bonchev–Trinajstić information content (AvgIpc) is 2.52. The molecule has 0 saturated heterocycles. The fourth-order valence-corrected chi connectivity index (χ4v) is 1.66. The van der Waals surface area contributed by atoms with Crippen molar-refractivity contribution in [1.29, 1.82) is 0 Å². The molecule has 1 aliphatic rings. The molecule has 0 fully saturated rings. The Morgan fingerprint density at radius 3 is 3.00 bits per heavy atom. The van der Waals surface area contributed by atoms with E-state index in [-0.39, 0.29) is 11.9 Å². The Morgan fingerprint density at radius 2 is 2.46 bits per heavy atom. The number of rotatable bonds is 3. The Bertz CT molecular complexity index is 251. The summed E-state index contributed by atoms with van der Waals surface area (Å²) in [5, 5.41) is 0. The topological polar surface area (TPSA) is 26.3 Å². The summed E-state index contributed by atoms with van der Waals surface area (Å²) in [6, 6.07) is 0. The van der Waals surface area contributed by atoms with Crippen LogP contribution in [0.2, 0.25) is 0 Å². The van der Waals surface area contributed by atoms with E-state index in [4.69, 9.17) is 4.74 Å². The van der Waals surface area contributed by atoms with Crippen LogP contribution in [0.5, 0.6) is 0 Å². The molecule has 72 valence electrons. The van der Waals surface area contributed by atoms with Gasteiger partial charge in [-0.05, 0) is 32.3 Å². The Hall–Kier alpha value is -1.05. The molecule has 13 heavy (non-hydrogen) atoms. The highest BCUT2D eigenvalue weighted by molar-refractivity contribution is 5.78. The molecule has 0 heterocycles. The van der Waals surface area contributed by atoms with Gasteiger partial charge in [0.2, 0.25) is 0 Å². The SMILES string of the molecule is C=C(C)C1=CCCC1C(=O)OCC. The van der Waals surface area contributed by atoms with Crippen LogP contribution in [0.15, 0.2) is 23.8 Å². The number of ether oxygens (including phenoxy) is 1. The molecule has 0 aromatic carbocycles. The van der Waals surface area contributed by atoms with Gasteiger partial charge >= 0.3 is 5.97 Å². The molecule has 2 nitrogen and oxygen atoms in total. The van der Waals surface area contributed by atoms with Gasteiger partial charge in [-0.25, -0.2) is 0 Å². The molecule has 0 radical (unpaired) electrons. The molecular weight excluding hydrogens is 164 g/mol. The van der Waals surface area contributed by atoms with E-state index in [0.29, 0.717) is 6.61 Å². The molecule has 0 saturated carbocycles. The first kappa shape index (κ1) is 10.0. The molecule has 0 aromatic heterocycles. The van der Waals surface area contributed by atoms with E-state index in [1.165, 1.54) is 0 Å². The van der Waals surface area contributed by atoms with Gasteiger partial charge in [-0.1, -0.05) is 18.2 Å². The smallest absolute Gasteiger partial charge is 0.313 e. The van der Waals surface area contributed by atoms with Crippen LogP contribution in [0.25, 0.3) is 0 Å². The molecule has 1 atom stereocenters. The van der Waals surface area contributed by atoms with Crippen molar-refractivity contribution in [3.63, 3.8) is 0 Å². The fraction of sp³-hybridized carbons (Fsp3) is 0.545. The van der Waals surface area contributed by atoms with Crippen molar-refractivity contribution in [1.82, 2.24) is 0 Å². The minimum Gasteiger partial charge on any atom is -0.466 e. The van der Waals surface area contributed by atoms with Crippen LogP contribution in [0.1, 0.15) is 26.7 Å². The van der Waals surface area contributed by atoms with E-state index in [9.17, 15) is 4.79 Å². The third-order valence-corrected chi connectivity index (χ3v) is 2.26. The normalized spacial score (nSPS) is 21.1. The third-order valence-electron chi connectivity index (χ3n) is 2.26. The number of hydrogen-bond acceptors (Lipinski definition) is 2. The largest absolute Gasteiger partial charge is 0.466 e. The van der Waals surface area contributed by atoms with Crippen molar-refractivity contribution in [2.75, 3.05) is 6.61 Å². The zero-order valence-electron chi connectivity index (χ0n) is 8.30. The number of carbonyl (C=O) groups is 1. The van der Waals surface area contributed by atoms with E-state index in [1.54, 1.807) is 0 Å². The molecular formula is C11H16O2. The maximum Gasteiger partial charge on any atom is 0.313 e. The Balaban J connectivity index is 2.66. The van der Waals surface area contributed by atoms with Crippen LogP contribution >= 0.6 is 0 Å². The highest BCUT2D eigenvalue weighted by Gasteiger charge is 2.27. The maximum absolute atomic E-state index is 11.5. The molecule has 1 aliphatic carbocycles. The second-order valence-electron chi connectivity index (χ2n) is 3.32. The molecule has 0 aliphatic heterocycles. The molecule has 1 rings (SSSR count). The quantitative estimate of drug-likeness (QED) is 0.624. The van der Waals surface area contributed by atoms with Crippen LogP contribution in [-0.2, 0) is 9.53 Å². The van der Waals surface area contributed by atoms with E-state index < -0.39 is 0 Å². The molecule has 2 heteroatoms. The van der Waals surface area contributed by atoms with Gasteiger partial charge in [-0.3, -0.25) is 4.79 Å². The average molecular weight is 180 g/mol. The van der Waals surface area contributed by atoms with E-state index in [0.717, 1.165) is 24.0 Å². The number of allylic oxidation sites excluding steroid dienone is 2. The summed E-state index contributed by atoms with van der Waals surface area (Å²) < 4.78 is 4.99. The molecule has 0 amide bonds. The molecule has 0 bridgehead atoms. The lowest BCUT2D eigenvalue weighted by molar-refractivity contribution is -0.146. The van der Waals surface area contributed by atoms with Crippen molar-refractivity contribution in [3.05, 3.63) is 23.8 Å². The maximum atomic E-state index is 11.5. The van der Waals surface area contributed by atoms with Crippen molar-refractivity contribution in [2.45, 2.75) is 26.7 Å². The predicted molar refractivity (Wildman–Crippen MR) is 52.3 cm³/mol. The summed E-state index contributed by atoms with van der Waals surface area (Å²) in [7, 11) is 0. The van der Waals surface area contributed by atoms with Gasteiger partial charge in [0, 0.05) is 0 Å². The monoisotopic (exact) mass is 180 g/mol. The number of hydrogen-bond donors (Lipinski definition) is 0. The van der Waals surface area contributed by atoms with Crippen LogP contribution in [0, 0.1) is 5.92 Å². The van der Waals surface area contributed by atoms with Gasteiger partial charge in [0.1, 0.15) is 0 Å². The summed E-state index contributed by atoms with van der Waals surface area (Å²) in [5.41, 5.74) is 2.05. The Labute approximate surface area is 79.3 Å². The fourth-order valence-electron chi connectivity index (χ4n) is 1.66. The van der Waals surface area contributed by atoms with Crippen LogP contribution < -0.4 is 0 Å². The summed E-state index contributed by atoms with van der Waals surface area (Å²) >= 11 is 0. The molecule has 0 N–H and O–H groups in total. The van der Waals surface area contributed by atoms with E-state index in [1.807, 2.05) is 13.8 Å². The van der Waals surface area contributed by atoms with Gasteiger partial charge in [-0.15, -0.1) is 0 Å². The summed E-state index contributed by atoms with van der Waals surface area (Å²) in [4.78, 5) is 11.5. The summed E-state index contributed by atoms with van der Waals surface area (Å²) in [6.45, 7) is 8.08. The Morgan fingerprint density at radius 1 is 1.77 bits per heavy atom. The van der Waals surface area contributed by atoms with E-state index >= 15 is 0 Å². The summed E-state index contributed by atoms with van der Waals surface area (Å²) in [5.74, 6) is -0.160. The first-order valence-corrected chi connectivity index (χ1v) is 4.69. The van der Waals surface area contributed by atoms with Gasteiger partial charge in [0.05, 0.1) is 12.5 Å². The number of carbonyl (C=O) groups excluding carboxylic acids is 1. The zero-order valence-corrected chi connectivity index (χ0v) is 8.30. The van der Waals surface area contributed by atoms with E-state index in [2.05, 4.69) is 12.7 Å². The summed E-state index contributed by atoms with van der Waals surface area (Å²) in [6.07, 6.45) is 3.93. The molecule has 1 unspecified atom stereocenters. The van der Waals surface area contributed by atoms with Crippen molar-refractivity contribution in [3.8, 4) is 0 Å². The first-order valence-electron chi connectivity index (χ1n) is 4.69. The first-order chi connectivity index (χ1) is 6.16. The van der Waals surface area contributed by atoms with Crippen molar-refractivity contribution in [2.24, 2.45) is 5.92 Å². The standard InChI is InChI=1S/C11H16O2/c1-4-13-11(12)10-7-5-6-9(10)8(2)3/h6,10H,2,4-5,7H2,1,3H3. The van der Waals surface area contributed by atoms with Crippen LogP contribution in [0.4, 0.5) is 0 Å². The third kappa shape index (κ3) is 2.20. The van der Waals surface area contributed by atoms with Gasteiger partial charge in [-0.2, -0.15) is 0 Å². The lowest BCUT2D eigenvalue weighted by Gasteiger charge is -2.13. The van der Waals surface area contributed by atoms with Crippen molar-refractivity contribution >= 4 is 5.97 Å². The van der Waals surface area contributed by atoms with Crippen LogP contribution in [-0.4, -0.2) is 12.6 Å². The molecule has 0 spiro atoms. The minimum absolute atomic E-state index is 0.0579. The molecule has 0 aromatic rings. The van der Waals surface area contributed by atoms with Crippen molar-refractivity contribution < 1.29 is 9.53 Å². The second kappa shape index (κ2) is 4.26. The highest BCUT2D eigenvalue weighted by atomic mass is 16.5.